The van der Waals surface area contributed by atoms with Gasteiger partial charge < -0.3 is 19.1 Å². The van der Waals surface area contributed by atoms with Gasteiger partial charge in [-0.3, -0.25) is 4.79 Å². The quantitative estimate of drug-likeness (QED) is 0.457. The topological polar surface area (TPSA) is 134 Å². The van der Waals surface area contributed by atoms with Gasteiger partial charge >= 0.3 is 5.97 Å². The maximum absolute atomic E-state index is 13.4. The number of ether oxygens (including phenoxy) is 1. The number of aromatic carboxylic acids is 1. The average molecular weight is 472 g/mol. The molecule has 1 amide bonds. The Kier molecular flexibility index (Phi) is 6.87. The predicted octanol–water partition coefficient (Wildman–Crippen LogP) is 2.80. The van der Waals surface area contributed by atoms with Gasteiger partial charge in [-0.15, -0.1) is 0 Å². The zero-order valence-electron chi connectivity index (χ0n) is 18.3. The summed E-state index contributed by atoms with van der Waals surface area (Å²) in [4.78, 5) is 36.1. The number of anilines is 1. The molecular weight excluding hydrogens is 450 g/mol. The molecule has 0 aliphatic heterocycles. The number of carbonyl (C=O) groups is 3. The molecule has 0 unspecified atom stereocenters. The fourth-order valence-corrected chi connectivity index (χ4v) is 4.83. The molecule has 0 saturated carbocycles. The molecule has 1 heterocycles. The van der Waals surface area contributed by atoms with E-state index in [9.17, 15) is 27.9 Å². The van der Waals surface area contributed by atoms with Gasteiger partial charge in [-0.25, -0.2) is 17.5 Å². The second-order valence-electron chi connectivity index (χ2n) is 7.16. The zero-order valence-corrected chi connectivity index (χ0v) is 19.1. The molecule has 0 N–H and O–H groups in total. The third-order valence-electron chi connectivity index (χ3n) is 4.88. The molecule has 3 aromatic rings. The van der Waals surface area contributed by atoms with Gasteiger partial charge in [0.25, 0.3) is 10.0 Å². The smallest absolute Gasteiger partial charge is 0.342 e. The number of carboxylic acids is 1. The number of hydrogen-bond acceptors (Lipinski definition) is 8. The van der Waals surface area contributed by atoms with Gasteiger partial charge in [-0.2, -0.15) is 0 Å². The molecule has 174 valence electrons. The number of benzene rings is 2. The van der Waals surface area contributed by atoms with Crippen LogP contribution in [-0.4, -0.2) is 32.9 Å². The number of sulfonamides is 1. The van der Waals surface area contributed by atoms with E-state index in [0.29, 0.717) is 27.5 Å². The number of carboxylic acid groups (broad SMARTS) is 1. The average Bonchev–Trinajstić information content (AvgIpc) is 3.09. The van der Waals surface area contributed by atoms with Crippen molar-refractivity contribution in [2.24, 2.45) is 0 Å². The lowest BCUT2D eigenvalue weighted by molar-refractivity contribution is -0.255. The lowest BCUT2D eigenvalue weighted by Gasteiger charge is -2.23. The number of rotatable bonds is 8. The van der Waals surface area contributed by atoms with Crippen LogP contribution in [0.2, 0.25) is 0 Å². The summed E-state index contributed by atoms with van der Waals surface area (Å²) >= 11 is 0. The van der Waals surface area contributed by atoms with Crippen molar-refractivity contribution < 1.29 is 37.1 Å². The highest BCUT2D eigenvalue weighted by atomic mass is 32.2. The lowest BCUT2D eigenvalue weighted by atomic mass is 10.1. The van der Waals surface area contributed by atoms with E-state index in [-0.39, 0.29) is 34.7 Å². The largest absolute Gasteiger partial charge is 0.545 e. The van der Waals surface area contributed by atoms with Gasteiger partial charge in [0, 0.05) is 11.8 Å². The maximum Gasteiger partial charge on any atom is 0.342 e. The van der Waals surface area contributed by atoms with Crippen LogP contribution in [-0.2, 0) is 19.6 Å². The highest BCUT2D eigenvalue weighted by Gasteiger charge is 2.31. The van der Waals surface area contributed by atoms with Gasteiger partial charge in [-0.1, -0.05) is 19.1 Å². The summed E-state index contributed by atoms with van der Waals surface area (Å²) in [6, 6.07) is 8.63. The van der Waals surface area contributed by atoms with Gasteiger partial charge in [-0.05, 0) is 56.2 Å². The van der Waals surface area contributed by atoms with Crippen molar-refractivity contribution in [2.75, 3.05) is 10.9 Å². The van der Waals surface area contributed by atoms with Crippen molar-refractivity contribution in [3.05, 3.63) is 59.4 Å². The first-order valence-corrected chi connectivity index (χ1v) is 11.7. The summed E-state index contributed by atoms with van der Waals surface area (Å²) in [7, 11) is -4.40. The zero-order chi connectivity index (χ0) is 24.3. The monoisotopic (exact) mass is 472 g/mol. The molecule has 33 heavy (non-hydrogen) atoms. The van der Waals surface area contributed by atoms with E-state index < -0.39 is 27.9 Å². The Labute approximate surface area is 190 Å². The number of esters is 1. The van der Waals surface area contributed by atoms with Crippen LogP contribution in [0.1, 0.15) is 53.2 Å². The van der Waals surface area contributed by atoms with Crippen molar-refractivity contribution in [2.45, 2.75) is 38.5 Å². The van der Waals surface area contributed by atoms with Crippen molar-refractivity contribution in [1.82, 2.24) is 0 Å². The summed E-state index contributed by atoms with van der Waals surface area (Å²) in [6.45, 7) is 5.12. The second-order valence-corrected chi connectivity index (χ2v) is 8.95. The highest BCUT2D eigenvalue weighted by Crippen LogP contribution is 2.33. The molecule has 0 fully saturated rings. The number of aryl methyl sites for hydroxylation is 1. The van der Waals surface area contributed by atoms with Crippen LogP contribution in [0, 0.1) is 6.92 Å². The molecular formula is C23H22NO8S-. The Morgan fingerprint density at radius 2 is 1.73 bits per heavy atom. The van der Waals surface area contributed by atoms with Crippen LogP contribution in [0.15, 0.2) is 51.8 Å². The third-order valence-corrected chi connectivity index (χ3v) is 6.64. The van der Waals surface area contributed by atoms with E-state index in [0.717, 1.165) is 24.3 Å². The number of carbonyl (C=O) groups excluding carboxylic acids is 3. The fourth-order valence-electron chi connectivity index (χ4n) is 3.39. The summed E-state index contributed by atoms with van der Waals surface area (Å²) in [5.74, 6) is -2.46. The van der Waals surface area contributed by atoms with E-state index in [1.54, 1.807) is 20.8 Å². The molecule has 3 rings (SSSR count). The summed E-state index contributed by atoms with van der Waals surface area (Å²) in [6.07, 6.45) is 0.346. The number of hydrogen-bond donors (Lipinski definition) is 0. The molecule has 10 heteroatoms. The minimum Gasteiger partial charge on any atom is -0.545 e. The first-order valence-electron chi connectivity index (χ1n) is 10.2. The van der Waals surface area contributed by atoms with Crippen LogP contribution < -0.4 is 9.41 Å². The lowest BCUT2D eigenvalue weighted by Crippen LogP contribution is -2.37. The number of amides is 1. The minimum atomic E-state index is -4.40. The molecule has 0 spiro atoms. The molecule has 0 radical (unpaired) electrons. The normalized spacial score (nSPS) is 11.4. The standard InChI is InChI=1S/C23H23NO8S/c1-4-6-20(25)24(33(29,30)17-10-7-15(8-11-17)22(26)27)16-9-12-19-18(13-16)21(14(3)32-19)23(28)31-5-2/h7-13H,4-6H2,1-3H3,(H,26,27)/p-1. The Bertz CT molecular complexity index is 1320. The molecule has 0 bridgehead atoms. The second kappa shape index (κ2) is 9.45. The van der Waals surface area contributed by atoms with Crippen molar-refractivity contribution in [1.29, 1.82) is 0 Å². The highest BCUT2D eigenvalue weighted by molar-refractivity contribution is 7.93. The Hall–Kier alpha value is -3.66. The fraction of sp³-hybridized carbons (Fsp3) is 0.261. The molecule has 9 nitrogen and oxygen atoms in total. The third kappa shape index (κ3) is 4.61. The van der Waals surface area contributed by atoms with E-state index >= 15 is 0 Å². The molecule has 1 aromatic heterocycles. The van der Waals surface area contributed by atoms with Gasteiger partial charge in [0.15, 0.2) is 0 Å². The Morgan fingerprint density at radius 3 is 2.30 bits per heavy atom. The molecule has 0 atom stereocenters. The van der Waals surface area contributed by atoms with Crippen LogP contribution >= 0.6 is 0 Å². The first-order chi connectivity index (χ1) is 15.6. The number of fused-ring (bicyclic) bond motifs is 1. The van der Waals surface area contributed by atoms with E-state index in [2.05, 4.69) is 0 Å². The van der Waals surface area contributed by atoms with Crippen molar-refractivity contribution in [3.63, 3.8) is 0 Å². The van der Waals surface area contributed by atoms with E-state index in [1.807, 2.05) is 0 Å². The minimum absolute atomic E-state index is 0.0104. The summed E-state index contributed by atoms with van der Waals surface area (Å²) in [5.41, 5.74) is 0.288. The van der Waals surface area contributed by atoms with Gasteiger partial charge in [0.1, 0.15) is 16.9 Å². The van der Waals surface area contributed by atoms with Crippen LogP contribution in [0.3, 0.4) is 0 Å². The summed E-state index contributed by atoms with van der Waals surface area (Å²) in [5, 5.41) is 11.3. The van der Waals surface area contributed by atoms with Gasteiger partial charge in [0.05, 0.1) is 23.2 Å². The maximum atomic E-state index is 13.4. The van der Waals surface area contributed by atoms with E-state index in [4.69, 9.17) is 9.15 Å². The van der Waals surface area contributed by atoms with Gasteiger partial charge in [0.2, 0.25) is 5.91 Å². The molecule has 2 aromatic carbocycles. The predicted molar refractivity (Wildman–Crippen MR) is 117 cm³/mol. The Morgan fingerprint density at radius 1 is 1.06 bits per heavy atom. The van der Waals surface area contributed by atoms with Crippen LogP contribution in [0.4, 0.5) is 5.69 Å². The number of nitrogens with zero attached hydrogens (tertiary/aromatic N) is 1. The SMILES string of the molecule is CCCC(=O)N(c1ccc2oc(C)c(C(=O)OCC)c2c1)S(=O)(=O)c1ccc(C(=O)[O-])cc1. The summed E-state index contributed by atoms with van der Waals surface area (Å²) < 4.78 is 38.2. The van der Waals surface area contributed by atoms with Crippen LogP contribution in [0.25, 0.3) is 11.0 Å². The first kappa shape index (κ1) is 24.0. The Balaban J connectivity index is 2.18. The molecule has 0 aliphatic carbocycles. The van der Waals surface area contributed by atoms with Crippen molar-refractivity contribution in [3.8, 4) is 0 Å². The van der Waals surface area contributed by atoms with Crippen LogP contribution in [0.5, 0.6) is 0 Å². The molecule has 0 aliphatic rings. The van der Waals surface area contributed by atoms with Crippen molar-refractivity contribution >= 4 is 44.5 Å². The van der Waals surface area contributed by atoms with E-state index in [1.165, 1.54) is 18.2 Å². The molecule has 0 saturated heterocycles. The number of furan rings is 1.